The maximum Gasteiger partial charge on any atom is 0.293 e. The van der Waals surface area contributed by atoms with Gasteiger partial charge in [-0.15, -0.1) is 0 Å². The molecule has 1 aliphatic rings. The van der Waals surface area contributed by atoms with E-state index in [0.717, 1.165) is 0 Å². The van der Waals surface area contributed by atoms with Gasteiger partial charge >= 0.3 is 0 Å². The van der Waals surface area contributed by atoms with Gasteiger partial charge in [0.1, 0.15) is 5.69 Å². The van der Waals surface area contributed by atoms with Crippen LogP contribution in [0.3, 0.4) is 0 Å². The lowest BCUT2D eigenvalue weighted by Gasteiger charge is -2.15. The van der Waals surface area contributed by atoms with Gasteiger partial charge in [-0.3, -0.25) is 14.9 Å². The van der Waals surface area contributed by atoms with Crippen molar-refractivity contribution in [1.82, 2.24) is 4.90 Å². The second-order valence-electron chi connectivity index (χ2n) is 5.46. The summed E-state index contributed by atoms with van der Waals surface area (Å²) in [6.45, 7) is 2.03. The fourth-order valence-electron chi connectivity index (χ4n) is 2.16. The van der Waals surface area contributed by atoms with Crippen molar-refractivity contribution in [3.63, 3.8) is 0 Å². The van der Waals surface area contributed by atoms with E-state index in [1.807, 2.05) is 6.92 Å². The molecular formula is C14H19N3O3. The number of carbonyl (C=O) groups is 1. The van der Waals surface area contributed by atoms with Crippen molar-refractivity contribution in [2.75, 3.05) is 19.4 Å². The van der Waals surface area contributed by atoms with Crippen LogP contribution >= 0.6 is 0 Å². The highest BCUT2D eigenvalue weighted by Crippen LogP contribution is 2.35. The third-order valence-electron chi connectivity index (χ3n) is 3.56. The standard InChI is InChI=1S/C14H19N3O3/c1-9(10-4-5-10)15-12-7-6-11(14(18)16(2)3)8-13(12)17(19)20/h6-10,15H,4-5H2,1-3H3. The quantitative estimate of drug-likeness (QED) is 0.662. The van der Waals surface area contributed by atoms with Crippen LogP contribution in [0.1, 0.15) is 30.1 Å². The Bertz CT molecular complexity index is 538. The Morgan fingerprint density at radius 1 is 1.45 bits per heavy atom. The summed E-state index contributed by atoms with van der Waals surface area (Å²) in [5.74, 6) is 0.354. The highest BCUT2D eigenvalue weighted by atomic mass is 16.6. The highest BCUT2D eigenvalue weighted by Gasteiger charge is 2.29. The Morgan fingerprint density at radius 2 is 2.10 bits per heavy atom. The number of rotatable bonds is 5. The van der Waals surface area contributed by atoms with Gasteiger partial charge in [0.15, 0.2) is 0 Å². The molecule has 1 saturated carbocycles. The van der Waals surface area contributed by atoms with Crippen molar-refractivity contribution in [2.45, 2.75) is 25.8 Å². The molecule has 1 aromatic carbocycles. The molecule has 0 saturated heterocycles. The molecule has 1 N–H and O–H groups in total. The van der Waals surface area contributed by atoms with Crippen LogP contribution in [0.25, 0.3) is 0 Å². The van der Waals surface area contributed by atoms with Crippen molar-refractivity contribution in [1.29, 1.82) is 0 Å². The number of carbonyl (C=O) groups excluding carboxylic acids is 1. The zero-order chi connectivity index (χ0) is 14.9. The molecule has 1 fully saturated rings. The van der Waals surface area contributed by atoms with Crippen LogP contribution in [0.4, 0.5) is 11.4 Å². The van der Waals surface area contributed by atoms with Crippen molar-refractivity contribution < 1.29 is 9.72 Å². The molecule has 1 unspecified atom stereocenters. The van der Waals surface area contributed by atoms with Crippen molar-refractivity contribution in [2.24, 2.45) is 5.92 Å². The summed E-state index contributed by atoms with van der Waals surface area (Å²) in [6, 6.07) is 4.79. The van der Waals surface area contributed by atoms with E-state index in [9.17, 15) is 14.9 Å². The Kier molecular flexibility index (Phi) is 3.92. The average Bonchev–Trinajstić information content (AvgIpc) is 3.22. The Balaban J connectivity index is 2.27. The monoisotopic (exact) mass is 277 g/mol. The maximum absolute atomic E-state index is 11.9. The van der Waals surface area contributed by atoms with Crippen LogP contribution in [0.15, 0.2) is 18.2 Å². The minimum atomic E-state index is -0.450. The minimum absolute atomic E-state index is 0.0507. The van der Waals surface area contributed by atoms with E-state index < -0.39 is 4.92 Å². The zero-order valence-electron chi connectivity index (χ0n) is 11.9. The molecule has 1 atom stereocenters. The minimum Gasteiger partial charge on any atom is -0.377 e. The first-order chi connectivity index (χ1) is 9.40. The number of nitro groups is 1. The molecule has 0 spiro atoms. The average molecular weight is 277 g/mol. The first-order valence-electron chi connectivity index (χ1n) is 6.66. The van der Waals surface area contributed by atoms with Crippen LogP contribution in [0.2, 0.25) is 0 Å². The van der Waals surface area contributed by atoms with E-state index in [4.69, 9.17) is 0 Å². The van der Waals surface area contributed by atoms with E-state index in [1.54, 1.807) is 26.2 Å². The summed E-state index contributed by atoms with van der Waals surface area (Å²) < 4.78 is 0. The van der Waals surface area contributed by atoms with Gasteiger partial charge in [-0.2, -0.15) is 0 Å². The Labute approximate surface area is 117 Å². The maximum atomic E-state index is 11.9. The number of nitro benzene ring substituents is 1. The molecule has 1 aliphatic carbocycles. The number of anilines is 1. The SMILES string of the molecule is CC(Nc1ccc(C(=O)N(C)C)cc1[N+](=O)[O-])C1CC1. The van der Waals surface area contributed by atoms with Crippen molar-refractivity contribution >= 4 is 17.3 Å². The van der Waals surface area contributed by atoms with Gasteiger partial charge in [-0.1, -0.05) is 0 Å². The van der Waals surface area contributed by atoms with Gasteiger partial charge in [0.25, 0.3) is 11.6 Å². The summed E-state index contributed by atoms with van der Waals surface area (Å²) in [5, 5.41) is 14.4. The smallest absolute Gasteiger partial charge is 0.293 e. The summed E-state index contributed by atoms with van der Waals surface area (Å²) in [5.41, 5.74) is 0.751. The Morgan fingerprint density at radius 3 is 2.60 bits per heavy atom. The fraction of sp³-hybridized carbons (Fsp3) is 0.500. The lowest BCUT2D eigenvalue weighted by molar-refractivity contribution is -0.384. The molecular weight excluding hydrogens is 258 g/mol. The van der Waals surface area contributed by atoms with Crippen molar-refractivity contribution in [3.8, 4) is 0 Å². The number of hydrogen-bond donors (Lipinski definition) is 1. The van der Waals surface area contributed by atoms with Gasteiger partial charge in [-0.25, -0.2) is 0 Å². The topological polar surface area (TPSA) is 75.5 Å². The molecule has 108 valence electrons. The fourth-order valence-corrected chi connectivity index (χ4v) is 2.16. The van der Waals surface area contributed by atoms with Gasteiger partial charge in [-0.05, 0) is 37.8 Å². The molecule has 0 aliphatic heterocycles. The molecule has 0 heterocycles. The number of nitrogens with one attached hydrogen (secondary N) is 1. The number of amides is 1. The second-order valence-corrected chi connectivity index (χ2v) is 5.46. The van der Waals surface area contributed by atoms with E-state index in [-0.39, 0.29) is 17.6 Å². The third kappa shape index (κ3) is 3.07. The van der Waals surface area contributed by atoms with Crippen LogP contribution < -0.4 is 5.32 Å². The normalized spacial score (nSPS) is 15.6. The first kappa shape index (κ1) is 14.3. The molecule has 1 amide bonds. The van der Waals surface area contributed by atoms with E-state index in [2.05, 4.69) is 5.32 Å². The van der Waals surface area contributed by atoms with Gasteiger partial charge in [0, 0.05) is 31.8 Å². The van der Waals surface area contributed by atoms with E-state index in [0.29, 0.717) is 17.2 Å². The highest BCUT2D eigenvalue weighted by molar-refractivity contribution is 5.95. The molecule has 20 heavy (non-hydrogen) atoms. The Hall–Kier alpha value is -2.11. The zero-order valence-corrected chi connectivity index (χ0v) is 11.9. The summed E-state index contributed by atoms with van der Waals surface area (Å²) in [4.78, 5) is 24.0. The van der Waals surface area contributed by atoms with Gasteiger partial charge in [0.05, 0.1) is 4.92 Å². The predicted molar refractivity (Wildman–Crippen MR) is 76.9 cm³/mol. The van der Waals surface area contributed by atoms with Crippen LogP contribution in [-0.2, 0) is 0 Å². The summed E-state index contributed by atoms with van der Waals surface area (Å²) in [6.07, 6.45) is 2.33. The third-order valence-corrected chi connectivity index (χ3v) is 3.56. The van der Waals surface area contributed by atoms with Crippen molar-refractivity contribution in [3.05, 3.63) is 33.9 Å². The summed E-state index contributed by atoms with van der Waals surface area (Å²) >= 11 is 0. The molecule has 0 radical (unpaired) electrons. The van der Waals surface area contributed by atoms with E-state index in [1.165, 1.54) is 23.8 Å². The van der Waals surface area contributed by atoms with Crippen LogP contribution in [0, 0.1) is 16.0 Å². The van der Waals surface area contributed by atoms with Crippen LogP contribution in [0.5, 0.6) is 0 Å². The molecule has 0 aromatic heterocycles. The largest absolute Gasteiger partial charge is 0.377 e. The van der Waals surface area contributed by atoms with Gasteiger partial charge in [0.2, 0.25) is 0 Å². The number of benzene rings is 1. The lowest BCUT2D eigenvalue weighted by atomic mass is 10.1. The summed E-state index contributed by atoms with van der Waals surface area (Å²) in [7, 11) is 3.24. The van der Waals surface area contributed by atoms with E-state index >= 15 is 0 Å². The number of nitrogens with zero attached hydrogens (tertiary/aromatic N) is 2. The predicted octanol–water partition coefficient (Wildman–Crippen LogP) is 2.51. The van der Waals surface area contributed by atoms with Crippen LogP contribution in [-0.4, -0.2) is 35.9 Å². The molecule has 1 aromatic rings. The lowest BCUT2D eigenvalue weighted by Crippen LogP contribution is -2.22. The molecule has 2 rings (SSSR count). The molecule has 0 bridgehead atoms. The van der Waals surface area contributed by atoms with Gasteiger partial charge < -0.3 is 10.2 Å². The molecule has 6 heteroatoms. The molecule has 6 nitrogen and oxygen atoms in total. The first-order valence-corrected chi connectivity index (χ1v) is 6.66. The number of hydrogen-bond acceptors (Lipinski definition) is 4. The second kappa shape index (κ2) is 5.48.